The van der Waals surface area contributed by atoms with Gasteiger partial charge in [0.15, 0.2) is 5.76 Å². The first kappa shape index (κ1) is 21.7. The highest BCUT2D eigenvalue weighted by Crippen LogP contribution is 2.31. The Kier molecular flexibility index (Phi) is 6.70. The summed E-state index contributed by atoms with van der Waals surface area (Å²) in [6.07, 6.45) is 0. The predicted octanol–water partition coefficient (Wildman–Crippen LogP) is 6.11. The van der Waals surface area contributed by atoms with Crippen LogP contribution in [-0.4, -0.2) is 18.9 Å². The molecule has 1 aromatic heterocycles. The zero-order chi connectivity index (χ0) is 21.8. The number of furan rings is 1. The average molecular weight is 447 g/mol. The maximum absolute atomic E-state index is 12.6. The van der Waals surface area contributed by atoms with E-state index >= 15 is 0 Å². The predicted molar refractivity (Wildman–Crippen MR) is 119 cm³/mol. The number of amides is 2. The highest BCUT2D eigenvalue weighted by Gasteiger charge is 2.15. The van der Waals surface area contributed by atoms with E-state index in [0.29, 0.717) is 38.5 Å². The van der Waals surface area contributed by atoms with Crippen molar-refractivity contribution in [3.05, 3.63) is 64.3 Å². The summed E-state index contributed by atoms with van der Waals surface area (Å²) in [5, 5.41) is 6.37. The van der Waals surface area contributed by atoms with E-state index in [2.05, 4.69) is 10.6 Å². The van der Waals surface area contributed by atoms with Crippen LogP contribution < -0.4 is 15.4 Å². The Morgan fingerprint density at radius 2 is 1.73 bits per heavy atom. The van der Waals surface area contributed by atoms with Gasteiger partial charge in [-0.3, -0.25) is 9.59 Å². The molecule has 0 aliphatic carbocycles. The third kappa shape index (κ3) is 4.96. The molecule has 0 atom stereocenters. The molecule has 0 radical (unpaired) electrons. The van der Waals surface area contributed by atoms with Crippen molar-refractivity contribution in [1.29, 1.82) is 0 Å². The van der Waals surface area contributed by atoms with E-state index in [9.17, 15) is 9.59 Å². The highest BCUT2D eigenvalue weighted by atomic mass is 35.5. The molecule has 1 heterocycles. The molecule has 0 fully saturated rings. The average Bonchev–Trinajstić information content (AvgIpc) is 3.21. The molecule has 2 N–H and O–H groups in total. The molecule has 6 nitrogen and oxygen atoms in total. The summed E-state index contributed by atoms with van der Waals surface area (Å²) in [4.78, 5) is 24.5. The molecule has 3 aromatic rings. The SMILES string of the molecule is COc1cc(NC(=O)c2ccc(-c3ccc(Cl)c(Cl)c3)o2)ccc1NC(=O)C(C)C. The van der Waals surface area contributed by atoms with Crippen molar-refractivity contribution in [3.8, 4) is 17.1 Å². The van der Waals surface area contributed by atoms with Crippen LogP contribution >= 0.6 is 23.2 Å². The molecule has 8 heteroatoms. The van der Waals surface area contributed by atoms with Gasteiger partial charge in [-0.25, -0.2) is 0 Å². The van der Waals surface area contributed by atoms with Gasteiger partial charge in [-0.1, -0.05) is 37.0 Å². The minimum absolute atomic E-state index is 0.129. The number of hydrogen-bond donors (Lipinski definition) is 2. The number of hydrogen-bond acceptors (Lipinski definition) is 4. The van der Waals surface area contributed by atoms with Crippen molar-refractivity contribution in [1.82, 2.24) is 0 Å². The van der Waals surface area contributed by atoms with Gasteiger partial charge in [0.2, 0.25) is 5.91 Å². The first-order chi connectivity index (χ1) is 14.3. The van der Waals surface area contributed by atoms with E-state index in [1.807, 2.05) is 0 Å². The van der Waals surface area contributed by atoms with Crippen LogP contribution in [0.2, 0.25) is 10.0 Å². The van der Waals surface area contributed by atoms with Crippen LogP contribution in [0, 0.1) is 5.92 Å². The Labute approximate surface area is 184 Å². The smallest absolute Gasteiger partial charge is 0.291 e. The zero-order valence-electron chi connectivity index (χ0n) is 16.6. The number of benzene rings is 2. The first-order valence-electron chi connectivity index (χ1n) is 9.14. The number of methoxy groups -OCH3 is 1. The maximum atomic E-state index is 12.6. The molecular weight excluding hydrogens is 427 g/mol. The van der Waals surface area contributed by atoms with Gasteiger partial charge in [-0.15, -0.1) is 0 Å². The fourth-order valence-corrected chi connectivity index (χ4v) is 2.90. The van der Waals surface area contributed by atoms with Gasteiger partial charge in [-0.05, 0) is 42.5 Å². The van der Waals surface area contributed by atoms with Gasteiger partial charge in [0.25, 0.3) is 5.91 Å². The van der Waals surface area contributed by atoms with Crippen molar-refractivity contribution < 1.29 is 18.7 Å². The molecule has 0 saturated carbocycles. The number of ether oxygens (including phenoxy) is 1. The van der Waals surface area contributed by atoms with Gasteiger partial charge in [0.1, 0.15) is 11.5 Å². The molecule has 30 heavy (non-hydrogen) atoms. The molecule has 0 aliphatic rings. The Bertz CT molecular complexity index is 1090. The maximum Gasteiger partial charge on any atom is 0.291 e. The molecule has 3 rings (SSSR count). The van der Waals surface area contributed by atoms with Crippen LogP contribution in [0.1, 0.15) is 24.4 Å². The topological polar surface area (TPSA) is 80.6 Å². The molecule has 2 aromatic carbocycles. The molecule has 0 aliphatic heterocycles. The summed E-state index contributed by atoms with van der Waals surface area (Å²) in [6.45, 7) is 3.60. The van der Waals surface area contributed by atoms with Gasteiger partial charge in [-0.2, -0.15) is 0 Å². The lowest BCUT2D eigenvalue weighted by Gasteiger charge is -2.13. The van der Waals surface area contributed by atoms with Crippen molar-refractivity contribution in [2.45, 2.75) is 13.8 Å². The quantitative estimate of drug-likeness (QED) is 0.478. The highest BCUT2D eigenvalue weighted by molar-refractivity contribution is 6.42. The van der Waals surface area contributed by atoms with E-state index in [1.165, 1.54) is 7.11 Å². The molecule has 0 spiro atoms. The largest absolute Gasteiger partial charge is 0.494 e. The summed E-state index contributed by atoms with van der Waals surface area (Å²) >= 11 is 12.0. The van der Waals surface area contributed by atoms with E-state index in [-0.39, 0.29) is 17.6 Å². The lowest BCUT2D eigenvalue weighted by atomic mass is 10.2. The number of carbonyl (C=O) groups is 2. The second-order valence-electron chi connectivity index (χ2n) is 6.81. The molecule has 2 amide bonds. The fourth-order valence-electron chi connectivity index (χ4n) is 2.61. The van der Waals surface area contributed by atoms with Crippen molar-refractivity contribution in [2.75, 3.05) is 17.7 Å². The second-order valence-corrected chi connectivity index (χ2v) is 7.62. The second kappa shape index (κ2) is 9.24. The Hall–Kier alpha value is -2.96. The lowest BCUT2D eigenvalue weighted by Crippen LogP contribution is -2.18. The van der Waals surface area contributed by atoms with E-state index in [0.717, 1.165) is 0 Å². The fraction of sp³-hybridized carbons (Fsp3) is 0.182. The number of halogens is 2. The van der Waals surface area contributed by atoms with Crippen molar-refractivity contribution in [2.24, 2.45) is 5.92 Å². The standard InChI is InChI=1S/C22H20Cl2N2O4/c1-12(2)21(27)26-17-7-5-14(11-20(17)29-3)25-22(28)19-9-8-18(30-19)13-4-6-15(23)16(24)10-13/h4-12H,1-3H3,(H,25,28)(H,26,27). The van der Waals surface area contributed by atoms with Gasteiger partial charge in [0.05, 0.1) is 22.8 Å². The van der Waals surface area contributed by atoms with Crippen LogP contribution in [0.3, 0.4) is 0 Å². The molecule has 0 bridgehead atoms. The Balaban J connectivity index is 1.75. The summed E-state index contributed by atoms with van der Waals surface area (Å²) in [6, 6.07) is 13.3. The minimum atomic E-state index is -0.428. The van der Waals surface area contributed by atoms with Gasteiger partial charge in [0, 0.05) is 23.2 Å². The van der Waals surface area contributed by atoms with Crippen molar-refractivity contribution in [3.63, 3.8) is 0 Å². The molecule has 156 valence electrons. The minimum Gasteiger partial charge on any atom is -0.494 e. The zero-order valence-corrected chi connectivity index (χ0v) is 18.1. The van der Waals surface area contributed by atoms with E-state index < -0.39 is 5.91 Å². The lowest BCUT2D eigenvalue weighted by molar-refractivity contribution is -0.118. The monoisotopic (exact) mass is 446 g/mol. The van der Waals surface area contributed by atoms with Gasteiger partial charge >= 0.3 is 0 Å². The molecule has 0 saturated heterocycles. The van der Waals surface area contributed by atoms with Crippen LogP contribution in [0.5, 0.6) is 5.75 Å². The Morgan fingerprint density at radius 1 is 0.967 bits per heavy atom. The van der Waals surface area contributed by atoms with E-state index in [4.69, 9.17) is 32.4 Å². The van der Waals surface area contributed by atoms with Crippen LogP contribution in [0.25, 0.3) is 11.3 Å². The number of rotatable bonds is 6. The summed E-state index contributed by atoms with van der Waals surface area (Å²) in [5.74, 6) is 0.323. The van der Waals surface area contributed by atoms with Crippen molar-refractivity contribution >= 4 is 46.4 Å². The van der Waals surface area contributed by atoms with Gasteiger partial charge < -0.3 is 19.8 Å². The third-order valence-corrected chi connectivity index (χ3v) is 5.01. The number of anilines is 2. The van der Waals surface area contributed by atoms with Crippen LogP contribution in [0.15, 0.2) is 52.9 Å². The van der Waals surface area contributed by atoms with E-state index in [1.54, 1.807) is 62.4 Å². The third-order valence-electron chi connectivity index (χ3n) is 4.28. The molecular formula is C22H20Cl2N2O4. The normalized spacial score (nSPS) is 10.7. The summed E-state index contributed by atoms with van der Waals surface area (Å²) in [7, 11) is 1.49. The Morgan fingerprint density at radius 3 is 2.40 bits per heavy atom. The number of carbonyl (C=O) groups excluding carboxylic acids is 2. The van der Waals surface area contributed by atoms with Crippen LogP contribution in [0.4, 0.5) is 11.4 Å². The van der Waals surface area contributed by atoms with Crippen LogP contribution in [-0.2, 0) is 4.79 Å². The first-order valence-corrected chi connectivity index (χ1v) is 9.89. The summed E-state index contributed by atoms with van der Waals surface area (Å²) < 4.78 is 11.0. The number of nitrogens with one attached hydrogen (secondary N) is 2. The summed E-state index contributed by atoms with van der Waals surface area (Å²) in [5.41, 5.74) is 1.72. The molecule has 0 unspecified atom stereocenters.